The van der Waals surface area contributed by atoms with E-state index in [9.17, 15) is 5.11 Å². The highest BCUT2D eigenvalue weighted by Crippen LogP contribution is 2.15. The summed E-state index contributed by atoms with van der Waals surface area (Å²) >= 11 is 0. The van der Waals surface area contributed by atoms with E-state index in [2.05, 4.69) is 37.0 Å². The third kappa shape index (κ3) is 4.18. The van der Waals surface area contributed by atoms with Gasteiger partial charge in [0, 0.05) is 12.4 Å². The molecule has 1 N–H and O–H groups in total. The lowest BCUT2D eigenvalue weighted by Crippen LogP contribution is -2.12. The predicted molar refractivity (Wildman–Crippen MR) is 78.2 cm³/mol. The van der Waals surface area contributed by atoms with Gasteiger partial charge in [0.15, 0.2) is 0 Å². The molecule has 0 amide bonds. The monoisotopic (exact) mass is 255 g/mol. The predicted octanol–water partition coefficient (Wildman–Crippen LogP) is 3.23. The SMILES string of the molecule is Cc1ccc(C)c(CC(O)CCc2ccncc2)c1. The number of aryl methyl sites for hydroxylation is 3. The van der Waals surface area contributed by atoms with Gasteiger partial charge >= 0.3 is 0 Å². The lowest BCUT2D eigenvalue weighted by atomic mass is 9.97. The maximum absolute atomic E-state index is 10.2. The molecule has 2 aromatic rings. The molecule has 1 unspecified atom stereocenters. The largest absolute Gasteiger partial charge is 0.393 e. The molecular weight excluding hydrogens is 234 g/mol. The minimum atomic E-state index is -0.284. The molecule has 1 aromatic heterocycles. The van der Waals surface area contributed by atoms with Gasteiger partial charge in [-0.25, -0.2) is 0 Å². The molecule has 2 rings (SSSR count). The molecule has 100 valence electrons. The summed E-state index contributed by atoms with van der Waals surface area (Å²) in [6.45, 7) is 4.19. The van der Waals surface area contributed by atoms with Crippen molar-refractivity contribution < 1.29 is 5.11 Å². The summed E-state index contributed by atoms with van der Waals surface area (Å²) in [5, 5.41) is 10.2. The fourth-order valence-electron chi connectivity index (χ4n) is 2.26. The smallest absolute Gasteiger partial charge is 0.0583 e. The van der Waals surface area contributed by atoms with Gasteiger partial charge in [-0.15, -0.1) is 0 Å². The van der Waals surface area contributed by atoms with Gasteiger partial charge in [-0.05, 0) is 61.9 Å². The van der Waals surface area contributed by atoms with E-state index in [0.29, 0.717) is 0 Å². The van der Waals surface area contributed by atoms with Crippen LogP contribution in [0.25, 0.3) is 0 Å². The topological polar surface area (TPSA) is 33.1 Å². The highest BCUT2D eigenvalue weighted by Gasteiger charge is 2.08. The van der Waals surface area contributed by atoms with Crippen LogP contribution in [0.4, 0.5) is 0 Å². The second-order valence-corrected chi connectivity index (χ2v) is 5.18. The zero-order valence-electron chi connectivity index (χ0n) is 11.6. The standard InChI is InChI=1S/C17H21NO/c1-13-3-4-14(2)16(11-13)12-17(19)6-5-15-7-9-18-10-8-15/h3-4,7-11,17,19H,5-6,12H2,1-2H3. The van der Waals surface area contributed by atoms with Crippen molar-refractivity contribution in [2.75, 3.05) is 0 Å². The van der Waals surface area contributed by atoms with E-state index in [1.807, 2.05) is 12.1 Å². The van der Waals surface area contributed by atoms with Crippen LogP contribution in [-0.4, -0.2) is 16.2 Å². The Bertz CT molecular complexity index is 522. The summed E-state index contributed by atoms with van der Waals surface area (Å²) in [5.74, 6) is 0. The zero-order valence-corrected chi connectivity index (χ0v) is 11.6. The number of hydrogen-bond donors (Lipinski definition) is 1. The summed E-state index contributed by atoms with van der Waals surface area (Å²) in [7, 11) is 0. The Balaban J connectivity index is 1.90. The number of aliphatic hydroxyl groups is 1. The van der Waals surface area contributed by atoms with Crippen molar-refractivity contribution >= 4 is 0 Å². The Labute approximate surface area is 115 Å². The average molecular weight is 255 g/mol. The van der Waals surface area contributed by atoms with Crippen LogP contribution in [0.2, 0.25) is 0 Å². The van der Waals surface area contributed by atoms with Crippen molar-refractivity contribution in [1.29, 1.82) is 0 Å². The molecule has 0 fully saturated rings. The Kier molecular flexibility index (Phi) is 4.69. The van der Waals surface area contributed by atoms with Crippen molar-refractivity contribution in [1.82, 2.24) is 4.98 Å². The van der Waals surface area contributed by atoms with Crippen molar-refractivity contribution in [2.45, 2.75) is 39.2 Å². The highest BCUT2D eigenvalue weighted by molar-refractivity contribution is 5.30. The van der Waals surface area contributed by atoms with Crippen LogP contribution in [-0.2, 0) is 12.8 Å². The van der Waals surface area contributed by atoms with Gasteiger partial charge < -0.3 is 5.11 Å². The van der Waals surface area contributed by atoms with Gasteiger partial charge in [-0.2, -0.15) is 0 Å². The van der Waals surface area contributed by atoms with Crippen molar-refractivity contribution in [2.24, 2.45) is 0 Å². The van der Waals surface area contributed by atoms with Crippen LogP contribution >= 0.6 is 0 Å². The molecule has 1 aromatic carbocycles. The summed E-state index contributed by atoms with van der Waals surface area (Å²) in [5.41, 5.74) is 4.99. The van der Waals surface area contributed by atoms with Crippen LogP contribution < -0.4 is 0 Å². The summed E-state index contributed by atoms with van der Waals surface area (Å²) in [6.07, 6.45) is 5.73. The Morgan fingerprint density at radius 3 is 2.58 bits per heavy atom. The quantitative estimate of drug-likeness (QED) is 0.889. The molecule has 0 aliphatic carbocycles. The number of aliphatic hydroxyl groups excluding tert-OH is 1. The number of aromatic nitrogens is 1. The summed E-state index contributed by atoms with van der Waals surface area (Å²) in [6, 6.07) is 10.4. The first-order valence-corrected chi connectivity index (χ1v) is 6.78. The van der Waals surface area contributed by atoms with E-state index in [0.717, 1.165) is 19.3 Å². The van der Waals surface area contributed by atoms with E-state index < -0.39 is 0 Å². The van der Waals surface area contributed by atoms with E-state index in [4.69, 9.17) is 0 Å². The highest BCUT2D eigenvalue weighted by atomic mass is 16.3. The number of nitrogens with zero attached hydrogens (tertiary/aromatic N) is 1. The van der Waals surface area contributed by atoms with E-state index in [1.54, 1.807) is 12.4 Å². The van der Waals surface area contributed by atoms with Crippen LogP contribution in [0.1, 0.15) is 28.7 Å². The average Bonchev–Trinajstić information content (AvgIpc) is 2.42. The molecule has 2 heteroatoms. The van der Waals surface area contributed by atoms with Gasteiger partial charge in [0.25, 0.3) is 0 Å². The maximum Gasteiger partial charge on any atom is 0.0583 e. The van der Waals surface area contributed by atoms with Crippen LogP contribution in [0.3, 0.4) is 0 Å². The molecule has 0 saturated carbocycles. The van der Waals surface area contributed by atoms with Crippen LogP contribution in [0.15, 0.2) is 42.7 Å². The second-order valence-electron chi connectivity index (χ2n) is 5.18. The van der Waals surface area contributed by atoms with E-state index in [1.165, 1.54) is 22.3 Å². The van der Waals surface area contributed by atoms with Crippen molar-refractivity contribution in [3.63, 3.8) is 0 Å². The fourth-order valence-corrected chi connectivity index (χ4v) is 2.26. The fraction of sp³-hybridized carbons (Fsp3) is 0.353. The number of rotatable bonds is 5. The first-order valence-electron chi connectivity index (χ1n) is 6.78. The third-order valence-corrected chi connectivity index (χ3v) is 3.48. The van der Waals surface area contributed by atoms with Gasteiger partial charge in [0.2, 0.25) is 0 Å². The summed E-state index contributed by atoms with van der Waals surface area (Å²) in [4.78, 5) is 4.00. The molecule has 19 heavy (non-hydrogen) atoms. The normalized spacial score (nSPS) is 12.4. The number of hydrogen-bond acceptors (Lipinski definition) is 2. The Morgan fingerprint density at radius 2 is 1.84 bits per heavy atom. The zero-order chi connectivity index (χ0) is 13.7. The molecule has 0 bridgehead atoms. The lowest BCUT2D eigenvalue weighted by molar-refractivity contribution is 0.165. The molecule has 0 spiro atoms. The maximum atomic E-state index is 10.2. The van der Waals surface area contributed by atoms with Gasteiger partial charge in [0.1, 0.15) is 0 Å². The number of pyridine rings is 1. The second kappa shape index (κ2) is 6.48. The van der Waals surface area contributed by atoms with Gasteiger partial charge in [0.05, 0.1) is 6.10 Å². The molecule has 2 nitrogen and oxygen atoms in total. The van der Waals surface area contributed by atoms with E-state index in [-0.39, 0.29) is 6.10 Å². The third-order valence-electron chi connectivity index (χ3n) is 3.48. The molecule has 1 atom stereocenters. The van der Waals surface area contributed by atoms with Crippen LogP contribution in [0, 0.1) is 13.8 Å². The first kappa shape index (κ1) is 13.8. The first-order chi connectivity index (χ1) is 9.15. The molecule has 1 heterocycles. The molecule has 0 radical (unpaired) electrons. The van der Waals surface area contributed by atoms with E-state index >= 15 is 0 Å². The number of benzene rings is 1. The molecular formula is C17H21NO. The lowest BCUT2D eigenvalue weighted by Gasteiger charge is -2.13. The minimum absolute atomic E-state index is 0.284. The molecule has 0 aliphatic rings. The van der Waals surface area contributed by atoms with Gasteiger partial charge in [-0.3, -0.25) is 4.98 Å². The van der Waals surface area contributed by atoms with Crippen molar-refractivity contribution in [3.05, 3.63) is 65.0 Å². The molecule has 0 saturated heterocycles. The van der Waals surface area contributed by atoms with Gasteiger partial charge in [-0.1, -0.05) is 23.8 Å². The Hall–Kier alpha value is -1.67. The van der Waals surface area contributed by atoms with Crippen LogP contribution in [0.5, 0.6) is 0 Å². The molecule has 0 aliphatic heterocycles. The van der Waals surface area contributed by atoms with Crippen molar-refractivity contribution in [3.8, 4) is 0 Å². The summed E-state index contributed by atoms with van der Waals surface area (Å²) < 4.78 is 0. The minimum Gasteiger partial charge on any atom is -0.393 e. The Morgan fingerprint density at radius 1 is 1.11 bits per heavy atom.